The number of hydrogen-bond acceptors (Lipinski definition) is 1. The van der Waals surface area contributed by atoms with Crippen molar-refractivity contribution in [2.24, 2.45) is 5.92 Å². The fourth-order valence-electron chi connectivity index (χ4n) is 0.526. The van der Waals surface area contributed by atoms with Gasteiger partial charge in [-0.3, -0.25) is 4.79 Å². The van der Waals surface area contributed by atoms with Gasteiger partial charge in [-0.15, -0.1) is 11.8 Å². The molecular formula is C9H14O2. The summed E-state index contributed by atoms with van der Waals surface area (Å²) in [5.41, 5.74) is 0. The minimum atomic E-state index is -0.768. The lowest BCUT2D eigenvalue weighted by Crippen LogP contribution is -2.07. The van der Waals surface area contributed by atoms with Gasteiger partial charge in [0.1, 0.15) is 0 Å². The van der Waals surface area contributed by atoms with Crippen molar-refractivity contribution >= 4 is 5.97 Å². The number of carboxylic acids is 1. The molecule has 11 heavy (non-hydrogen) atoms. The van der Waals surface area contributed by atoms with Gasteiger partial charge in [-0.2, -0.15) is 0 Å². The molecule has 0 rings (SSSR count). The van der Waals surface area contributed by atoms with Crippen LogP contribution in [0.3, 0.4) is 0 Å². The van der Waals surface area contributed by atoms with E-state index in [9.17, 15) is 4.79 Å². The fourth-order valence-corrected chi connectivity index (χ4v) is 0.526. The van der Waals surface area contributed by atoms with Gasteiger partial charge in [0.25, 0.3) is 0 Å². The van der Waals surface area contributed by atoms with Crippen LogP contribution in [0.25, 0.3) is 0 Å². The predicted octanol–water partition coefficient (Wildman–Crippen LogP) is 1.90. The van der Waals surface area contributed by atoms with Crippen LogP contribution in [0.1, 0.15) is 33.1 Å². The highest BCUT2D eigenvalue weighted by Crippen LogP contribution is 1.99. The Labute approximate surface area is 67.6 Å². The molecule has 0 fully saturated rings. The summed E-state index contributed by atoms with van der Waals surface area (Å²) in [5.74, 6) is 4.64. The lowest BCUT2D eigenvalue weighted by atomic mass is 10.1. The van der Waals surface area contributed by atoms with Gasteiger partial charge in [-0.1, -0.05) is 13.8 Å². The molecule has 1 unspecified atom stereocenters. The molecule has 0 aromatic carbocycles. The molecule has 0 aromatic heterocycles. The Morgan fingerprint density at radius 3 is 2.64 bits per heavy atom. The zero-order valence-electron chi connectivity index (χ0n) is 7.05. The average molecular weight is 154 g/mol. The lowest BCUT2D eigenvalue weighted by Gasteiger charge is -1.97. The number of hydrogen-bond donors (Lipinski definition) is 1. The van der Waals surface area contributed by atoms with Gasteiger partial charge >= 0.3 is 5.97 Å². The molecule has 2 nitrogen and oxygen atoms in total. The average Bonchev–Trinajstić information content (AvgIpc) is 1.97. The monoisotopic (exact) mass is 154 g/mol. The molecule has 0 aliphatic rings. The Morgan fingerprint density at radius 1 is 1.55 bits per heavy atom. The van der Waals surface area contributed by atoms with Crippen LogP contribution < -0.4 is 0 Å². The molecule has 1 N–H and O–H groups in total. The molecule has 2 heteroatoms. The van der Waals surface area contributed by atoms with Crippen LogP contribution in [-0.4, -0.2) is 11.1 Å². The van der Waals surface area contributed by atoms with Crippen molar-refractivity contribution in [2.45, 2.75) is 33.1 Å². The van der Waals surface area contributed by atoms with Crippen LogP contribution in [-0.2, 0) is 4.79 Å². The van der Waals surface area contributed by atoms with Crippen molar-refractivity contribution in [3.63, 3.8) is 0 Å². The van der Waals surface area contributed by atoms with Crippen molar-refractivity contribution < 1.29 is 9.90 Å². The SMILES string of the molecule is CCCC#CCC(C)C(=O)O. The Morgan fingerprint density at radius 2 is 2.18 bits per heavy atom. The van der Waals surface area contributed by atoms with Crippen LogP contribution >= 0.6 is 0 Å². The maximum absolute atomic E-state index is 10.3. The molecule has 0 saturated carbocycles. The van der Waals surface area contributed by atoms with Gasteiger partial charge in [-0.05, 0) is 6.42 Å². The fraction of sp³-hybridized carbons (Fsp3) is 0.667. The first-order valence-corrected chi connectivity index (χ1v) is 3.87. The first-order valence-electron chi connectivity index (χ1n) is 3.87. The van der Waals surface area contributed by atoms with Crippen LogP contribution in [0, 0.1) is 17.8 Å². The molecule has 0 spiro atoms. The Balaban J connectivity index is 3.55. The third-order valence-corrected chi connectivity index (χ3v) is 1.33. The van der Waals surface area contributed by atoms with Crippen LogP contribution in [0.5, 0.6) is 0 Å². The van der Waals surface area contributed by atoms with Crippen LogP contribution in [0.2, 0.25) is 0 Å². The second-order valence-electron chi connectivity index (χ2n) is 2.55. The largest absolute Gasteiger partial charge is 0.481 e. The number of unbranched alkanes of at least 4 members (excludes halogenated alkanes) is 1. The van der Waals surface area contributed by atoms with E-state index in [1.807, 2.05) is 0 Å². The Bertz CT molecular complexity index is 174. The predicted molar refractivity (Wildman–Crippen MR) is 44.1 cm³/mol. The third kappa shape index (κ3) is 5.47. The first-order chi connectivity index (χ1) is 5.18. The van der Waals surface area contributed by atoms with E-state index in [1.54, 1.807) is 6.92 Å². The highest BCUT2D eigenvalue weighted by molar-refractivity contribution is 5.69. The Hall–Kier alpha value is -0.970. The van der Waals surface area contributed by atoms with Gasteiger partial charge in [0.2, 0.25) is 0 Å². The summed E-state index contributed by atoms with van der Waals surface area (Å²) < 4.78 is 0. The Kier molecular flexibility index (Phi) is 5.28. The minimum Gasteiger partial charge on any atom is -0.481 e. The third-order valence-electron chi connectivity index (χ3n) is 1.33. The quantitative estimate of drug-likeness (QED) is 0.630. The topological polar surface area (TPSA) is 37.3 Å². The molecule has 0 aliphatic carbocycles. The van der Waals surface area contributed by atoms with Crippen molar-refractivity contribution in [1.82, 2.24) is 0 Å². The maximum Gasteiger partial charge on any atom is 0.307 e. The zero-order chi connectivity index (χ0) is 8.69. The van der Waals surface area contributed by atoms with E-state index in [0.717, 1.165) is 12.8 Å². The molecule has 0 amide bonds. The molecule has 0 heterocycles. The van der Waals surface area contributed by atoms with Crippen LogP contribution in [0.15, 0.2) is 0 Å². The second-order valence-corrected chi connectivity index (χ2v) is 2.55. The van der Waals surface area contributed by atoms with E-state index in [2.05, 4.69) is 18.8 Å². The molecule has 0 saturated heterocycles. The van der Waals surface area contributed by atoms with E-state index >= 15 is 0 Å². The summed E-state index contributed by atoms with van der Waals surface area (Å²) in [4.78, 5) is 10.3. The molecule has 0 bridgehead atoms. The number of aliphatic carboxylic acids is 1. The molecule has 1 atom stereocenters. The normalized spacial score (nSPS) is 11.5. The summed E-state index contributed by atoms with van der Waals surface area (Å²) in [6, 6.07) is 0. The van der Waals surface area contributed by atoms with E-state index in [-0.39, 0.29) is 5.92 Å². The second kappa shape index (κ2) is 5.79. The van der Waals surface area contributed by atoms with Crippen LogP contribution in [0.4, 0.5) is 0 Å². The number of carboxylic acid groups (broad SMARTS) is 1. The molecule has 0 radical (unpaired) electrons. The van der Waals surface area contributed by atoms with Crippen molar-refractivity contribution in [2.75, 3.05) is 0 Å². The van der Waals surface area contributed by atoms with Gasteiger partial charge in [0.15, 0.2) is 0 Å². The van der Waals surface area contributed by atoms with Gasteiger partial charge in [-0.25, -0.2) is 0 Å². The summed E-state index contributed by atoms with van der Waals surface area (Å²) in [6.45, 7) is 3.72. The first kappa shape index (κ1) is 10.0. The lowest BCUT2D eigenvalue weighted by molar-refractivity contribution is -0.140. The molecule has 0 aromatic rings. The molecular weight excluding hydrogens is 140 g/mol. The summed E-state index contributed by atoms with van der Waals surface area (Å²) in [5, 5.41) is 8.47. The van der Waals surface area contributed by atoms with E-state index in [0.29, 0.717) is 6.42 Å². The molecule has 0 aliphatic heterocycles. The van der Waals surface area contributed by atoms with Crippen molar-refractivity contribution in [3.05, 3.63) is 0 Å². The summed E-state index contributed by atoms with van der Waals surface area (Å²) in [7, 11) is 0. The number of carbonyl (C=O) groups is 1. The number of rotatable bonds is 3. The highest BCUT2D eigenvalue weighted by Gasteiger charge is 2.07. The van der Waals surface area contributed by atoms with E-state index in [4.69, 9.17) is 5.11 Å². The minimum absolute atomic E-state index is 0.334. The maximum atomic E-state index is 10.3. The van der Waals surface area contributed by atoms with Gasteiger partial charge in [0.05, 0.1) is 5.92 Å². The zero-order valence-corrected chi connectivity index (χ0v) is 7.05. The van der Waals surface area contributed by atoms with Crippen molar-refractivity contribution in [3.8, 4) is 11.8 Å². The highest BCUT2D eigenvalue weighted by atomic mass is 16.4. The summed E-state index contributed by atoms with van der Waals surface area (Å²) in [6.07, 6.45) is 2.37. The van der Waals surface area contributed by atoms with E-state index in [1.165, 1.54) is 0 Å². The van der Waals surface area contributed by atoms with Gasteiger partial charge in [0, 0.05) is 12.8 Å². The van der Waals surface area contributed by atoms with Gasteiger partial charge < -0.3 is 5.11 Å². The molecule has 62 valence electrons. The smallest absolute Gasteiger partial charge is 0.307 e. The van der Waals surface area contributed by atoms with Crippen molar-refractivity contribution in [1.29, 1.82) is 0 Å². The summed E-state index contributed by atoms with van der Waals surface area (Å²) >= 11 is 0. The standard InChI is InChI=1S/C9H14O2/c1-3-4-5-6-7-8(2)9(10)11/h8H,3-4,7H2,1-2H3,(H,10,11). The van der Waals surface area contributed by atoms with E-state index < -0.39 is 5.97 Å².